The predicted molar refractivity (Wildman–Crippen MR) is 56.3 cm³/mol. The zero-order chi connectivity index (χ0) is 8.39. The van der Waals surface area contributed by atoms with E-state index in [0.717, 1.165) is 9.39 Å². The maximum atomic E-state index is 4.28. The lowest BCUT2D eigenvalue weighted by molar-refractivity contribution is 0.998. The Morgan fingerprint density at radius 3 is 2.58 bits per heavy atom. The Bertz CT molecular complexity index is 368. The summed E-state index contributed by atoms with van der Waals surface area (Å²) in [5.41, 5.74) is 0. The summed E-state index contributed by atoms with van der Waals surface area (Å²) >= 11 is 2.28. The third-order valence-electron chi connectivity index (χ3n) is 1.59. The number of halogens is 1. The van der Waals surface area contributed by atoms with Gasteiger partial charge >= 0.3 is 0 Å². The molecule has 0 N–H and O–H groups in total. The van der Waals surface area contributed by atoms with Crippen LogP contribution in [0.1, 0.15) is 0 Å². The summed E-state index contributed by atoms with van der Waals surface area (Å²) in [4.78, 5) is 4.28. The Morgan fingerprint density at radius 1 is 1.17 bits per heavy atom. The molecule has 0 saturated carbocycles. The molecule has 2 heterocycles. The van der Waals surface area contributed by atoms with Gasteiger partial charge in [0.25, 0.3) is 0 Å². The number of hydrogen-bond donors (Lipinski definition) is 0. The fourth-order valence-electron chi connectivity index (χ4n) is 1.04. The van der Waals surface area contributed by atoms with Crippen molar-refractivity contribution < 1.29 is 0 Å². The topological polar surface area (TPSA) is 17.8 Å². The lowest BCUT2D eigenvalue weighted by atomic mass is 10.4. The number of pyridine rings is 1. The molecule has 0 fully saturated rings. The van der Waals surface area contributed by atoms with Gasteiger partial charge in [-0.3, -0.25) is 0 Å². The highest BCUT2D eigenvalue weighted by Crippen LogP contribution is 2.12. The van der Waals surface area contributed by atoms with Crippen molar-refractivity contribution >= 4 is 22.6 Å². The van der Waals surface area contributed by atoms with Crippen LogP contribution in [-0.4, -0.2) is 9.55 Å². The second kappa shape index (κ2) is 3.26. The second-order valence-corrected chi connectivity index (χ2v) is 3.56. The molecule has 2 aromatic rings. The molecule has 0 aliphatic rings. The molecule has 0 radical (unpaired) electrons. The van der Waals surface area contributed by atoms with Crippen LogP contribution in [0.2, 0.25) is 0 Å². The smallest absolute Gasteiger partial charge is 0.150 e. The van der Waals surface area contributed by atoms with E-state index in [-0.39, 0.29) is 0 Å². The van der Waals surface area contributed by atoms with Gasteiger partial charge in [-0.15, -0.1) is 0 Å². The van der Waals surface area contributed by atoms with Crippen LogP contribution in [-0.2, 0) is 0 Å². The summed E-state index contributed by atoms with van der Waals surface area (Å²) in [6.07, 6.45) is 5.78. The maximum absolute atomic E-state index is 4.28. The van der Waals surface area contributed by atoms with Crippen LogP contribution in [0.4, 0.5) is 0 Å². The zero-order valence-corrected chi connectivity index (χ0v) is 8.47. The molecule has 0 bridgehead atoms. The minimum atomic E-state index is 0.989. The maximum Gasteiger partial charge on any atom is 0.150 e. The van der Waals surface area contributed by atoms with Crippen LogP contribution < -0.4 is 0 Å². The van der Waals surface area contributed by atoms with Crippen LogP contribution in [0.15, 0.2) is 42.9 Å². The van der Waals surface area contributed by atoms with E-state index in [9.17, 15) is 0 Å². The van der Waals surface area contributed by atoms with E-state index in [1.807, 2.05) is 41.2 Å². The van der Waals surface area contributed by atoms with E-state index in [2.05, 4.69) is 27.6 Å². The molecule has 2 nitrogen and oxygen atoms in total. The van der Waals surface area contributed by atoms with Crippen LogP contribution >= 0.6 is 22.6 Å². The van der Waals surface area contributed by atoms with Gasteiger partial charge in [0.15, 0.2) is 0 Å². The molecule has 0 aliphatic heterocycles. The first-order chi connectivity index (χ1) is 5.88. The van der Waals surface area contributed by atoms with Crippen molar-refractivity contribution in [1.29, 1.82) is 0 Å². The normalized spacial score (nSPS) is 10.1. The highest BCUT2D eigenvalue weighted by Gasteiger charge is 1.99. The molecular weight excluding hydrogens is 263 g/mol. The molecule has 0 atom stereocenters. The van der Waals surface area contributed by atoms with Gasteiger partial charge in [0.2, 0.25) is 0 Å². The molecule has 0 spiro atoms. The molecule has 0 saturated heterocycles. The van der Waals surface area contributed by atoms with Gasteiger partial charge in [0, 0.05) is 18.6 Å². The van der Waals surface area contributed by atoms with Crippen molar-refractivity contribution in [3.05, 3.63) is 46.4 Å². The molecule has 0 amide bonds. The van der Waals surface area contributed by atoms with Crippen LogP contribution in [0, 0.1) is 3.57 Å². The van der Waals surface area contributed by atoms with Gasteiger partial charge in [-0.1, -0.05) is 0 Å². The Labute approximate surface area is 84.4 Å². The van der Waals surface area contributed by atoms with Crippen molar-refractivity contribution in [2.75, 3.05) is 0 Å². The molecule has 60 valence electrons. The van der Waals surface area contributed by atoms with E-state index in [1.165, 1.54) is 0 Å². The van der Waals surface area contributed by atoms with Gasteiger partial charge in [-0.25, -0.2) is 4.98 Å². The largest absolute Gasteiger partial charge is 0.308 e. The highest BCUT2D eigenvalue weighted by molar-refractivity contribution is 14.1. The van der Waals surface area contributed by atoms with E-state index in [4.69, 9.17) is 0 Å². The standard InChI is InChI=1S/C9H7IN2/c10-8-4-3-5-11-9(8)12-6-1-2-7-12/h1-7H. The quantitative estimate of drug-likeness (QED) is 0.728. The van der Waals surface area contributed by atoms with Crippen LogP contribution in [0.5, 0.6) is 0 Å². The first-order valence-corrected chi connectivity index (χ1v) is 4.69. The molecule has 3 heteroatoms. The third-order valence-corrected chi connectivity index (χ3v) is 2.43. The summed E-state index contributed by atoms with van der Waals surface area (Å²) in [7, 11) is 0. The fourth-order valence-corrected chi connectivity index (χ4v) is 1.67. The minimum Gasteiger partial charge on any atom is -0.308 e. The lowest BCUT2D eigenvalue weighted by Gasteiger charge is -2.02. The molecule has 0 aromatic carbocycles. The van der Waals surface area contributed by atoms with Crippen molar-refractivity contribution in [3.63, 3.8) is 0 Å². The van der Waals surface area contributed by atoms with E-state index in [0.29, 0.717) is 0 Å². The summed E-state index contributed by atoms with van der Waals surface area (Å²) in [6.45, 7) is 0. The Balaban J connectivity index is 2.55. The Kier molecular flexibility index (Phi) is 2.12. The minimum absolute atomic E-state index is 0.989. The van der Waals surface area contributed by atoms with Crippen molar-refractivity contribution in [3.8, 4) is 5.82 Å². The third kappa shape index (κ3) is 1.36. The van der Waals surface area contributed by atoms with Gasteiger partial charge < -0.3 is 4.57 Å². The summed E-state index contributed by atoms with van der Waals surface area (Å²) in [5.74, 6) is 0.989. The molecule has 0 aliphatic carbocycles. The lowest BCUT2D eigenvalue weighted by Crippen LogP contribution is -1.95. The molecule has 0 unspecified atom stereocenters. The van der Waals surface area contributed by atoms with Crippen molar-refractivity contribution in [2.24, 2.45) is 0 Å². The number of hydrogen-bond acceptors (Lipinski definition) is 1. The Morgan fingerprint density at radius 2 is 1.92 bits per heavy atom. The number of nitrogens with zero attached hydrogens (tertiary/aromatic N) is 2. The second-order valence-electron chi connectivity index (χ2n) is 2.40. The van der Waals surface area contributed by atoms with Crippen molar-refractivity contribution in [1.82, 2.24) is 9.55 Å². The zero-order valence-electron chi connectivity index (χ0n) is 6.31. The highest BCUT2D eigenvalue weighted by atomic mass is 127. The predicted octanol–water partition coefficient (Wildman–Crippen LogP) is 2.48. The van der Waals surface area contributed by atoms with Gasteiger partial charge in [0.05, 0.1) is 3.57 Å². The fraction of sp³-hybridized carbons (Fsp3) is 0. The first-order valence-electron chi connectivity index (χ1n) is 3.62. The first kappa shape index (κ1) is 7.79. The Hall–Kier alpha value is -0.840. The average molecular weight is 270 g/mol. The number of aromatic nitrogens is 2. The summed E-state index contributed by atoms with van der Waals surface area (Å²) in [5, 5.41) is 0. The van der Waals surface area contributed by atoms with Crippen LogP contribution in [0.25, 0.3) is 5.82 Å². The van der Waals surface area contributed by atoms with Gasteiger partial charge in [-0.2, -0.15) is 0 Å². The summed E-state index contributed by atoms with van der Waals surface area (Å²) < 4.78 is 3.16. The van der Waals surface area contributed by atoms with E-state index in [1.54, 1.807) is 6.20 Å². The molecule has 12 heavy (non-hydrogen) atoms. The van der Waals surface area contributed by atoms with Gasteiger partial charge in [-0.05, 0) is 46.9 Å². The van der Waals surface area contributed by atoms with E-state index >= 15 is 0 Å². The van der Waals surface area contributed by atoms with Gasteiger partial charge in [0.1, 0.15) is 5.82 Å². The van der Waals surface area contributed by atoms with Crippen molar-refractivity contribution in [2.45, 2.75) is 0 Å². The average Bonchev–Trinajstić information content (AvgIpc) is 2.57. The molecular formula is C9H7IN2. The monoisotopic (exact) mass is 270 g/mol. The molecule has 2 rings (SSSR count). The van der Waals surface area contributed by atoms with Crippen LogP contribution in [0.3, 0.4) is 0 Å². The van der Waals surface area contributed by atoms with E-state index < -0.39 is 0 Å². The summed E-state index contributed by atoms with van der Waals surface area (Å²) in [6, 6.07) is 7.97. The SMILES string of the molecule is Ic1cccnc1-n1cccc1. The number of rotatable bonds is 1. The molecule has 2 aromatic heterocycles.